The van der Waals surface area contributed by atoms with Crippen molar-refractivity contribution in [3.05, 3.63) is 65.2 Å². The molecule has 0 N–H and O–H groups in total. The minimum absolute atomic E-state index is 0.229. The van der Waals surface area contributed by atoms with Crippen molar-refractivity contribution in [1.29, 1.82) is 0 Å². The van der Waals surface area contributed by atoms with Crippen LogP contribution >= 0.6 is 0 Å². The van der Waals surface area contributed by atoms with Crippen molar-refractivity contribution < 1.29 is 17.9 Å². The van der Waals surface area contributed by atoms with Gasteiger partial charge in [-0.05, 0) is 36.4 Å². The number of ether oxygens (including phenoxy) is 1. The van der Waals surface area contributed by atoms with Crippen LogP contribution in [-0.4, -0.2) is 19.1 Å². The second-order valence-electron chi connectivity index (χ2n) is 5.18. The molecule has 0 atom stereocenters. The lowest BCUT2D eigenvalue weighted by molar-refractivity contribution is -0.138. The number of hydrogen-bond donors (Lipinski definition) is 0. The summed E-state index contributed by atoms with van der Waals surface area (Å²) < 4.78 is 44.1. The van der Waals surface area contributed by atoms with E-state index in [2.05, 4.69) is 0 Å². The number of alkyl halides is 3. The zero-order chi connectivity index (χ0) is 16.2. The predicted octanol–water partition coefficient (Wildman–Crippen LogP) is 4.35. The molecule has 5 heteroatoms. The van der Waals surface area contributed by atoms with Gasteiger partial charge in [0.2, 0.25) is 0 Å². The van der Waals surface area contributed by atoms with E-state index in [1.807, 2.05) is 29.2 Å². The van der Waals surface area contributed by atoms with Crippen LogP contribution in [0.15, 0.2) is 48.5 Å². The first-order chi connectivity index (χ1) is 10.4. The van der Waals surface area contributed by atoms with Gasteiger partial charge in [-0.3, -0.25) is 4.90 Å². The van der Waals surface area contributed by atoms with Crippen molar-refractivity contribution in [2.75, 3.05) is 14.2 Å². The average Bonchev–Trinajstić information content (AvgIpc) is 2.46. The van der Waals surface area contributed by atoms with Crippen molar-refractivity contribution in [2.24, 2.45) is 0 Å². The molecule has 0 bridgehead atoms. The zero-order valence-corrected chi connectivity index (χ0v) is 12.5. The van der Waals surface area contributed by atoms with E-state index in [0.717, 1.165) is 17.4 Å². The predicted molar refractivity (Wildman–Crippen MR) is 79.6 cm³/mol. The molecule has 0 heterocycles. The topological polar surface area (TPSA) is 12.5 Å². The van der Waals surface area contributed by atoms with Gasteiger partial charge in [-0.1, -0.05) is 30.3 Å². The van der Waals surface area contributed by atoms with Crippen LogP contribution in [0, 0.1) is 0 Å². The monoisotopic (exact) mass is 309 g/mol. The molecule has 118 valence electrons. The van der Waals surface area contributed by atoms with Gasteiger partial charge in [-0.2, -0.15) is 13.2 Å². The Hall–Kier alpha value is -2.01. The minimum atomic E-state index is -4.33. The third-order valence-corrected chi connectivity index (χ3v) is 3.35. The van der Waals surface area contributed by atoms with Gasteiger partial charge >= 0.3 is 6.18 Å². The van der Waals surface area contributed by atoms with E-state index in [1.54, 1.807) is 20.2 Å². The van der Waals surface area contributed by atoms with E-state index in [1.165, 1.54) is 12.1 Å². The van der Waals surface area contributed by atoms with Crippen molar-refractivity contribution in [2.45, 2.75) is 19.3 Å². The summed E-state index contributed by atoms with van der Waals surface area (Å²) in [6.07, 6.45) is -4.33. The lowest BCUT2D eigenvalue weighted by Gasteiger charge is -2.20. The standard InChI is InChI=1S/C17H18F3NO/c1-21(11-13-6-5-8-15(10-13)22-2)12-14-7-3-4-9-16(14)17(18,19)20/h3-10H,11-12H2,1-2H3. The number of benzene rings is 2. The molecular weight excluding hydrogens is 291 g/mol. The van der Waals surface area contributed by atoms with Gasteiger partial charge in [0.15, 0.2) is 0 Å². The van der Waals surface area contributed by atoms with Crippen LogP contribution in [0.4, 0.5) is 13.2 Å². The zero-order valence-electron chi connectivity index (χ0n) is 12.5. The highest BCUT2D eigenvalue weighted by Gasteiger charge is 2.32. The Bertz CT molecular complexity index is 625. The number of methoxy groups -OCH3 is 1. The van der Waals surface area contributed by atoms with Crippen LogP contribution in [-0.2, 0) is 19.3 Å². The SMILES string of the molecule is COc1cccc(CN(C)Cc2ccccc2C(F)(F)F)c1. The molecule has 2 aromatic rings. The highest BCUT2D eigenvalue weighted by molar-refractivity contribution is 5.30. The van der Waals surface area contributed by atoms with Crippen LogP contribution in [0.5, 0.6) is 5.75 Å². The second kappa shape index (κ2) is 6.83. The smallest absolute Gasteiger partial charge is 0.416 e. The third kappa shape index (κ3) is 4.24. The molecule has 0 saturated carbocycles. The first kappa shape index (κ1) is 16.4. The van der Waals surface area contributed by atoms with Crippen LogP contribution in [0.2, 0.25) is 0 Å². The first-order valence-electron chi connectivity index (χ1n) is 6.86. The van der Waals surface area contributed by atoms with Gasteiger partial charge < -0.3 is 4.74 Å². The lowest BCUT2D eigenvalue weighted by atomic mass is 10.1. The fourth-order valence-electron chi connectivity index (χ4n) is 2.36. The lowest BCUT2D eigenvalue weighted by Crippen LogP contribution is -2.20. The highest BCUT2D eigenvalue weighted by Crippen LogP contribution is 2.32. The summed E-state index contributed by atoms with van der Waals surface area (Å²) in [6.45, 7) is 0.774. The van der Waals surface area contributed by atoms with E-state index >= 15 is 0 Å². The Morgan fingerprint density at radius 1 is 1.00 bits per heavy atom. The van der Waals surface area contributed by atoms with Crippen LogP contribution in [0.1, 0.15) is 16.7 Å². The van der Waals surface area contributed by atoms with E-state index < -0.39 is 11.7 Å². The Labute approximate surface area is 128 Å². The van der Waals surface area contributed by atoms with Gasteiger partial charge in [-0.15, -0.1) is 0 Å². The molecule has 0 aliphatic rings. The third-order valence-electron chi connectivity index (χ3n) is 3.35. The molecule has 2 rings (SSSR count). The van der Waals surface area contributed by atoms with Gasteiger partial charge in [-0.25, -0.2) is 0 Å². The van der Waals surface area contributed by atoms with Crippen molar-refractivity contribution in [3.8, 4) is 5.75 Å². The Morgan fingerprint density at radius 2 is 1.73 bits per heavy atom. The molecule has 2 aromatic carbocycles. The summed E-state index contributed by atoms with van der Waals surface area (Å²) >= 11 is 0. The van der Waals surface area contributed by atoms with E-state index in [0.29, 0.717) is 6.54 Å². The molecule has 0 amide bonds. The summed E-state index contributed by atoms with van der Waals surface area (Å²) in [6, 6.07) is 13.2. The Balaban J connectivity index is 2.11. The molecule has 0 aromatic heterocycles. The Morgan fingerprint density at radius 3 is 2.41 bits per heavy atom. The average molecular weight is 309 g/mol. The maximum absolute atomic E-state index is 13.0. The molecule has 0 aliphatic carbocycles. The van der Waals surface area contributed by atoms with E-state index in [-0.39, 0.29) is 12.1 Å². The fraction of sp³-hybridized carbons (Fsp3) is 0.294. The highest BCUT2D eigenvalue weighted by atomic mass is 19.4. The number of rotatable bonds is 5. The summed E-state index contributed by atoms with van der Waals surface area (Å²) in [5.41, 5.74) is 0.694. The molecule has 0 radical (unpaired) electrons. The largest absolute Gasteiger partial charge is 0.497 e. The van der Waals surface area contributed by atoms with E-state index in [9.17, 15) is 13.2 Å². The van der Waals surface area contributed by atoms with Crippen molar-refractivity contribution in [3.63, 3.8) is 0 Å². The molecular formula is C17H18F3NO. The Kier molecular flexibility index (Phi) is 5.08. The van der Waals surface area contributed by atoms with Crippen molar-refractivity contribution >= 4 is 0 Å². The molecule has 2 nitrogen and oxygen atoms in total. The molecule has 0 spiro atoms. The summed E-state index contributed by atoms with van der Waals surface area (Å²) in [7, 11) is 3.38. The number of halogens is 3. The summed E-state index contributed by atoms with van der Waals surface area (Å²) in [4.78, 5) is 1.85. The molecule has 0 unspecified atom stereocenters. The summed E-state index contributed by atoms with van der Waals surface area (Å²) in [5.74, 6) is 0.738. The normalized spacial score (nSPS) is 11.7. The maximum atomic E-state index is 13.0. The molecule has 0 saturated heterocycles. The van der Waals surface area contributed by atoms with Crippen LogP contribution in [0.3, 0.4) is 0 Å². The summed E-state index contributed by atoms with van der Waals surface area (Å²) in [5, 5.41) is 0. The quantitative estimate of drug-likeness (QED) is 0.814. The first-order valence-corrected chi connectivity index (χ1v) is 6.86. The van der Waals surface area contributed by atoms with Gasteiger partial charge in [0.25, 0.3) is 0 Å². The minimum Gasteiger partial charge on any atom is -0.497 e. The van der Waals surface area contributed by atoms with E-state index in [4.69, 9.17) is 4.74 Å². The van der Waals surface area contributed by atoms with Crippen LogP contribution < -0.4 is 4.74 Å². The fourth-order valence-corrected chi connectivity index (χ4v) is 2.36. The second-order valence-corrected chi connectivity index (χ2v) is 5.18. The van der Waals surface area contributed by atoms with Gasteiger partial charge in [0.1, 0.15) is 5.75 Å². The molecule has 0 fully saturated rings. The van der Waals surface area contributed by atoms with Crippen LogP contribution in [0.25, 0.3) is 0 Å². The van der Waals surface area contributed by atoms with Gasteiger partial charge in [0.05, 0.1) is 12.7 Å². The number of nitrogens with zero attached hydrogens (tertiary/aromatic N) is 1. The van der Waals surface area contributed by atoms with Gasteiger partial charge in [0, 0.05) is 13.1 Å². The molecule has 22 heavy (non-hydrogen) atoms. The molecule has 0 aliphatic heterocycles. The number of hydrogen-bond acceptors (Lipinski definition) is 2. The van der Waals surface area contributed by atoms with Crippen molar-refractivity contribution in [1.82, 2.24) is 4.90 Å². The maximum Gasteiger partial charge on any atom is 0.416 e.